The van der Waals surface area contributed by atoms with E-state index in [2.05, 4.69) is 5.32 Å². The minimum atomic E-state index is -0.473. The maximum atomic E-state index is 13.2. The van der Waals surface area contributed by atoms with Crippen LogP contribution in [0.4, 0.5) is 5.69 Å². The first-order chi connectivity index (χ1) is 15.1. The molecule has 31 heavy (non-hydrogen) atoms. The van der Waals surface area contributed by atoms with Crippen LogP contribution in [0.2, 0.25) is 0 Å². The molecule has 0 saturated heterocycles. The third kappa shape index (κ3) is 4.36. The molecule has 0 bridgehead atoms. The van der Waals surface area contributed by atoms with Gasteiger partial charge in [-0.05, 0) is 48.1 Å². The Morgan fingerprint density at radius 3 is 2.52 bits per heavy atom. The number of benzene rings is 2. The van der Waals surface area contributed by atoms with Crippen molar-refractivity contribution in [1.29, 1.82) is 0 Å². The molecule has 0 aliphatic rings. The highest BCUT2D eigenvalue weighted by atomic mass is 32.1. The highest BCUT2D eigenvalue weighted by molar-refractivity contribution is 7.09. The Morgan fingerprint density at radius 1 is 0.968 bits per heavy atom. The van der Waals surface area contributed by atoms with Crippen molar-refractivity contribution >= 4 is 33.8 Å². The summed E-state index contributed by atoms with van der Waals surface area (Å²) in [5.41, 5.74) is 1.42. The fraction of sp³-hybridized carbons (Fsp3) is 0.208. The van der Waals surface area contributed by atoms with Gasteiger partial charge in [0.1, 0.15) is 6.54 Å². The topological polar surface area (TPSA) is 73.1 Å². The number of anilines is 1. The van der Waals surface area contributed by atoms with Crippen LogP contribution in [0.25, 0.3) is 10.9 Å². The number of fused-ring (bicyclic) bond motifs is 1. The second-order valence-electron chi connectivity index (χ2n) is 7.23. The van der Waals surface area contributed by atoms with Gasteiger partial charge in [-0.2, -0.15) is 0 Å². The second-order valence-corrected chi connectivity index (χ2v) is 8.26. The number of aromatic nitrogens is 2. The molecule has 0 fully saturated rings. The van der Waals surface area contributed by atoms with Crippen molar-refractivity contribution in [2.45, 2.75) is 32.9 Å². The number of para-hydroxylation sites is 2. The Bertz CT molecular complexity index is 1340. The van der Waals surface area contributed by atoms with Gasteiger partial charge in [0.25, 0.3) is 5.56 Å². The fourth-order valence-corrected chi connectivity index (χ4v) is 4.38. The minimum absolute atomic E-state index is 0.170. The predicted octanol–water partition coefficient (Wildman–Crippen LogP) is 3.67. The number of thiophene rings is 1. The third-order valence-electron chi connectivity index (χ3n) is 5.27. The molecule has 6 nitrogen and oxygen atoms in total. The van der Waals surface area contributed by atoms with Crippen molar-refractivity contribution in [3.63, 3.8) is 0 Å². The van der Waals surface area contributed by atoms with E-state index in [1.54, 1.807) is 35.6 Å². The highest BCUT2D eigenvalue weighted by Crippen LogP contribution is 2.16. The van der Waals surface area contributed by atoms with Gasteiger partial charge in [0.15, 0.2) is 0 Å². The number of aryl methyl sites for hydroxylation is 2. The number of carbonyl (C=O) groups excluding carboxylic acids is 1. The Morgan fingerprint density at radius 2 is 1.74 bits per heavy atom. The van der Waals surface area contributed by atoms with E-state index in [9.17, 15) is 14.4 Å². The lowest BCUT2D eigenvalue weighted by Gasteiger charge is -2.15. The van der Waals surface area contributed by atoms with E-state index in [4.69, 9.17) is 0 Å². The molecule has 0 saturated carbocycles. The monoisotopic (exact) mass is 433 g/mol. The molecule has 158 valence electrons. The maximum Gasteiger partial charge on any atom is 0.331 e. The summed E-state index contributed by atoms with van der Waals surface area (Å²) in [6.45, 7) is 2.12. The summed E-state index contributed by atoms with van der Waals surface area (Å²) in [5, 5.41) is 5.30. The van der Waals surface area contributed by atoms with Crippen LogP contribution in [0.5, 0.6) is 0 Å². The highest BCUT2D eigenvalue weighted by Gasteiger charge is 2.16. The number of nitrogens with one attached hydrogen (secondary N) is 1. The summed E-state index contributed by atoms with van der Waals surface area (Å²) in [7, 11) is 0. The average Bonchev–Trinajstić information content (AvgIpc) is 3.30. The zero-order valence-corrected chi connectivity index (χ0v) is 18.0. The standard InChI is InChI=1S/C24H23N3O3S/c1-2-17-8-3-5-11-20(17)25-22(28)16-27-21-12-6-4-10-19(21)23(29)26(24(27)30)14-13-18-9-7-15-31-18/h3-12,15H,2,13-14,16H2,1H3,(H,25,28). The van der Waals surface area contributed by atoms with Gasteiger partial charge >= 0.3 is 5.69 Å². The largest absolute Gasteiger partial charge is 0.331 e. The molecule has 4 aromatic rings. The summed E-state index contributed by atoms with van der Waals surface area (Å²) in [6, 6.07) is 18.4. The van der Waals surface area contributed by atoms with Gasteiger partial charge in [-0.15, -0.1) is 11.3 Å². The molecule has 0 spiro atoms. The van der Waals surface area contributed by atoms with Crippen molar-refractivity contribution in [3.8, 4) is 0 Å². The van der Waals surface area contributed by atoms with E-state index >= 15 is 0 Å². The lowest BCUT2D eigenvalue weighted by molar-refractivity contribution is -0.116. The number of hydrogen-bond donors (Lipinski definition) is 1. The van der Waals surface area contributed by atoms with Crippen LogP contribution in [-0.4, -0.2) is 15.0 Å². The Hall–Kier alpha value is -3.45. The summed E-state index contributed by atoms with van der Waals surface area (Å²) in [5.74, 6) is -0.309. The first kappa shape index (κ1) is 20.8. The average molecular weight is 434 g/mol. The number of carbonyl (C=O) groups is 1. The predicted molar refractivity (Wildman–Crippen MR) is 125 cm³/mol. The molecule has 7 heteroatoms. The number of nitrogens with zero attached hydrogens (tertiary/aromatic N) is 2. The summed E-state index contributed by atoms with van der Waals surface area (Å²) in [6.07, 6.45) is 1.37. The molecule has 0 unspecified atom stereocenters. The number of rotatable bonds is 7. The molecule has 2 aromatic heterocycles. The minimum Gasteiger partial charge on any atom is -0.324 e. The summed E-state index contributed by atoms with van der Waals surface area (Å²) < 4.78 is 2.62. The summed E-state index contributed by atoms with van der Waals surface area (Å²) in [4.78, 5) is 40.1. The molecule has 0 aliphatic heterocycles. The first-order valence-electron chi connectivity index (χ1n) is 10.2. The van der Waals surface area contributed by atoms with E-state index in [0.717, 1.165) is 22.5 Å². The van der Waals surface area contributed by atoms with Crippen LogP contribution in [0.1, 0.15) is 17.4 Å². The van der Waals surface area contributed by atoms with Crippen molar-refractivity contribution in [2.75, 3.05) is 5.32 Å². The normalized spacial score (nSPS) is 11.0. The van der Waals surface area contributed by atoms with Gasteiger partial charge in [-0.25, -0.2) is 4.79 Å². The lowest BCUT2D eigenvalue weighted by Crippen LogP contribution is -2.42. The van der Waals surface area contributed by atoms with Gasteiger partial charge in [0.2, 0.25) is 5.91 Å². The molecule has 1 N–H and O–H groups in total. The van der Waals surface area contributed by atoms with E-state index < -0.39 is 5.69 Å². The first-order valence-corrected chi connectivity index (χ1v) is 11.1. The van der Waals surface area contributed by atoms with Crippen LogP contribution < -0.4 is 16.6 Å². The van der Waals surface area contributed by atoms with Gasteiger partial charge in [0, 0.05) is 17.1 Å². The van der Waals surface area contributed by atoms with Crippen molar-refractivity contribution < 1.29 is 4.79 Å². The molecule has 0 atom stereocenters. The second kappa shape index (κ2) is 9.14. The zero-order chi connectivity index (χ0) is 21.8. The summed E-state index contributed by atoms with van der Waals surface area (Å²) >= 11 is 1.59. The molecular weight excluding hydrogens is 410 g/mol. The Kier molecular flexibility index (Phi) is 6.13. The van der Waals surface area contributed by atoms with E-state index in [1.807, 2.05) is 48.7 Å². The molecule has 1 amide bonds. The van der Waals surface area contributed by atoms with Gasteiger partial charge in [-0.3, -0.25) is 18.7 Å². The van der Waals surface area contributed by atoms with E-state index in [-0.39, 0.29) is 24.6 Å². The zero-order valence-electron chi connectivity index (χ0n) is 17.2. The van der Waals surface area contributed by atoms with Crippen LogP contribution in [0.15, 0.2) is 75.6 Å². The number of amides is 1. The smallest absolute Gasteiger partial charge is 0.324 e. The van der Waals surface area contributed by atoms with Crippen molar-refractivity contribution in [1.82, 2.24) is 9.13 Å². The van der Waals surface area contributed by atoms with E-state index in [1.165, 1.54) is 9.13 Å². The van der Waals surface area contributed by atoms with E-state index in [0.29, 0.717) is 17.3 Å². The maximum absolute atomic E-state index is 13.2. The Balaban J connectivity index is 1.70. The SMILES string of the molecule is CCc1ccccc1NC(=O)Cn1c(=O)n(CCc2cccs2)c(=O)c2ccccc21. The van der Waals surface area contributed by atoms with Crippen LogP contribution in [0, 0.1) is 0 Å². The van der Waals surface area contributed by atoms with Crippen LogP contribution in [0.3, 0.4) is 0 Å². The molecule has 0 aliphatic carbocycles. The third-order valence-corrected chi connectivity index (χ3v) is 6.20. The van der Waals surface area contributed by atoms with Crippen LogP contribution in [-0.2, 0) is 30.7 Å². The quantitative estimate of drug-likeness (QED) is 0.483. The van der Waals surface area contributed by atoms with Crippen molar-refractivity contribution in [3.05, 3.63) is 97.3 Å². The molecule has 2 aromatic carbocycles. The molecule has 0 radical (unpaired) electrons. The van der Waals surface area contributed by atoms with Crippen molar-refractivity contribution in [2.24, 2.45) is 0 Å². The van der Waals surface area contributed by atoms with Gasteiger partial charge in [-0.1, -0.05) is 43.3 Å². The van der Waals surface area contributed by atoms with Crippen LogP contribution >= 0.6 is 11.3 Å². The molecule has 2 heterocycles. The van der Waals surface area contributed by atoms with Gasteiger partial charge < -0.3 is 5.32 Å². The number of hydrogen-bond acceptors (Lipinski definition) is 4. The van der Waals surface area contributed by atoms with Gasteiger partial charge in [0.05, 0.1) is 10.9 Å². The Labute approximate surface area is 183 Å². The lowest BCUT2D eigenvalue weighted by atomic mass is 10.1. The molecule has 4 rings (SSSR count). The molecular formula is C24H23N3O3S. The fourth-order valence-electron chi connectivity index (χ4n) is 3.68.